The molecule has 2 atom stereocenters. The zero-order chi connectivity index (χ0) is 14.6. The predicted molar refractivity (Wildman–Crippen MR) is 77.9 cm³/mol. The topological polar surface area (TPSA) is 58.6 Å². The molecule has 0 saturated heterocycles. The summed E-state index contributed by atoms with van der Waals surface area (Å²) in [5.41, 5.74) is 0.432. The minimum Gasteiger partial charge on any atom is -0.494 e. The standard InChI is InChI=1S/C16H23NO3/c1-3-20-13-8-6-12(7-9-13)15(19)17-14-5-4-10-16(14,2)11-18/h6-9,14,18H,3-5,10-11H2,1-2H3,(H,17,19). The molecule has 0 radical (unpaired) electrons. The molecule has 0 bridgehead atoms. The van der Waals surface area contributed by atoms with Crippen LogP contribution < -0.4 is 10.1 Å². The highest BCUT2D eigenvalue weighted by Gasteiger charge is 2.39. The van der Waals surface area contributed by atoms with E-state index in [9.17, 15) is 9.90 Å². The Kier molecular flexibility index (Phi) is 4.65. The summed E-state index contributed by atoms with van der Waals surface area (Å²) in [6.45, 7) is 4.68. The highest BCUT2D eigenvalue weighted by Crippen LogP contribution is 2.37. The Bertz CT molecular complexity index is 457. The number of rotatable bonds is 5. The van der Waals surface area contributed by atoms with Crippen LogP contribution in [0.25, 0.3) is 0 Å². The number of carbonyl (C=O) groups excluding carboxylic acids is 1. The van der Waals surface area contributed by atoms with Crippen LogP contribution in [-0.4, -0.2) is 30.3 Å². The molecule has 0 aliphatic heterocycles. The van der Waals surface area contributed by atoms with Gasteiger partial charge in [-0.3, -0.25) is 4.79 Å². The zero-order valence-corrected chi connectivity index (χ0v) is 12.2. The molecule has 0 aromatic heterocycles. The van der Waals surface area contributed by atoms with E-state index in [1.165, 1.54) is 0 Å². The highest BCUT2D eigenvalue weighted by molar-refractivity contribution is 5.94. The normalized spacial score (nSPS) is 25.4. The van der Waals surface area contributed by atoms with Crippen molar-refractivity contribution >= 4 is 5.91 Å². The summed E-state index contributed by atoms with van der Waals surface area (Å²) in [6.07, 6.45) is 2.93. The number of amides is 1. The van der Waals surface area contributed by atoms with Gasteiger partial charge in [-0.2, -0.15) is 0 Å². The molecule has 0 heterocycles. The fourth-order valence-corrected chi connectivity index (χ4v) is 2.78. The minimum absolute atomic E-state index is 0.0477. The highest BCUT2D eigenvalue weighted by atomic mass is 16.5. The first-order valence-corrected chi connectivity index (χ1v) is 7.23. The van der Waals surface area contributed by atoms with Crippen LogP contribution in [0.4, 0.5) is 0 Å². The van der Waals surface area contributed by atoms with Gasteiger partial charge >= 0.3 is 0 Å². The maximum Gasteiger partial charge on any atom is 0.251 e. The maximum absolute atomic E-state index is 12.2. The first-order valence-electron chi connectivity index (χ1n) is 7.23. The molecule has 1 aromatic carbocycles. The van der Waals surface area contributed by atoms with Crippen molar-refractivity contribution in [2.75, 3.05) is 13.2 Å². The first kappa shape index (κ1) is 14.9. The maximum atomic E-state index is 12.2. The second-order valence-electron chi connectivity index (χ2n) is 5.69. The van der Waals surface area contributed by atoms with Crippen LogP contribution in [0.3, 0.4) is 0 Å². The van der Waals surface area contributed by atoms with Crippen molar-refractivity contribution in [3.05, 3.63) is 29.8 Å². The predicted octanol–water partition coefficient (Wildman–Crippen LogP) is 2.37. The van der Waals surface area contributed by atoms with Gasteiger partial charge in [0.1, 0.15) is 5.75 Å². The van der Waals surface area contributed by atoms with Gasteiger partial charge < -0.3 is 15.2 Å². The molecule has 4 nitrogen and oxygen atoms in total. The van der Waals surface area contributed by atoms with Crippen LogP contribution in [0.15, 0.2) is 24.3 Å². The number of ether oxygens (including phenoxy) is 1. The van der Waals surface area contributed by atoms with E-state index in [2.05, 4.69) is 5.32 Å². The monoisotopic (exact) mass is 277 g/mol. The van der Waals surface area contributed by atoms with Crippen LogP contribution in [-0.2, 0) is 0 Å². The van der Waals surface area contributed by atoms with Gasteiger partial charge in [-0.25, -0.2) is 0 Å². The van der Waals surface area contributed by atoms with Crippen molar-refractivity contribution in [3.63, 3.8) is 0 Å². The van der Waals surface area contributed by atoms with Crippen LogP contribution in [0.1, 0.15) is 43.5 Å². The van der Waals surface area contributed by atoms with Gasteiger partial charge in [-0.05, 0) is 44.0 Å². The summed E-state index contributed by atoms with van der Waals surface area (Å²) in [4.78, 5) is 12.2. The number of aliphatic hydroxyl groups is 1. The summed E-state index contributed by atoms with van der Waals surface area (Å²) >= 11 is 0. The van der Waals surface area contributed by atoms with E-state index in [1.807, 2.05) is 13.8 Å². The average Bonchev–Trinajstić information content (AvgIpc) is 2.82. The fourth-order valence-electron chi connectivity index (χ4n) is 2.78. The van der Waals surface area contributed by atoms with Gasteiger partial charge in [0.25, 0.3) is 5.91 Å². The van der Waals surface area contributed by atoms with Crippen LogP contribution in [0, 0.1) is 5.41 Å². The molecule has 110 valence electrons. The Balaban J connectivity index is 2.01. The van der Waals surface area contributed by atoms with Crippen molar-refractivity contribution in [2.45, 2.75) is 39.2 Å². The summed E-state index contributed by atoms with van der Waals surface area (Å²) in [5, 5.41) is 12.6. The number of aliphatic hydroxyl groups excluding tert-OH is 1. The Hall–Kier alpha value is -1.55. The van der Waals surface area contributed by atoms with Crippen LogP contribution in [0.2, 0.25) is 0 Å². The van der Waals surface area contributed by atoms with E-state index in [-0.39, 0.29) is 24.0 Å². The molecule has 4 heteroatoms. The second-order valence-corrected chi connectivity index (χ2v) is 5.69. The van der Waals surface area contributed by atoms with Gasteiger partial charge in [0.05, 0.1) is 13.2 Å². The second kappa shape index (κ2) is 6.27. The van der Waals surface area contributed by atoms with E-state index in [1.54, 1.807) is 24.3 Å². The molecule has 1 saturated carbocycles. The zero-order valence-electron chi connectivity index (χ0n) is 12.2. The third kappa shape index (κ3) is 3.12. The lowest BCUT2D eigenvalue weighted by Gasteiger charge is -2.30. The number of hydrogen-bond acceptors (Lipinski definition) is 3. The smallest absolute Gasteiger partial charge is 0.251 e. The van der Waals surface area contributed by atoms with Crippen molar-refractivity contribution in [1.82, 2.24) is 5.32 Å². The minimum atomic E-state index is -0.194. The number of hydrogen-bond donors (Lipinski definition) is 2. The van der Waals surface area contributed by atoms with E-state index in [0.29, 0.717) is 12.2 Å². The van der Waals surface area contributed by atoms with Gasteiger partial charge in [-0.15, -0.1) is 0 Å². The van der Waals surface area contributed by atoms with Crippen molar-refractivity contribution in [2.24, 2.45) is 5.41 Å². The summed E-state index contributed by atoms with van der Waals surface area (Å²) in [6, 6.07) is 7.19. The molecule has 1 aliphatic rings. The third-order valence-electron chi connectivity index (χ3n) is 4.18. The molecule has 1 aliphatic carbocycles. The Morgan fingerprint density at radius 3 is 2.75 bits per heavy atom. The molecule has 2 unspecified atom stereocenters. The lowest BCUT2D eigenvalue weighted by molar-refractivity contribution is 0.0830. The van der Waals surface area contributed by atoms with Gasteiger partial charge in [0, 0.05) is 17.0 Å². The van der Waals surface area contributed by atoms with Crippen molar-refractivity contribution in [1.29, 1.82) is 0 Å². The van der Waals surface area contributed by atoms with Crippen LogP contribution >= 0.6 is 0 Å². The molecule has 0 spiro atoms. The molecule has 1 amide bonds. The lowest BCUT2D eigenvalue weighted by Crippen LogP contribution is -2.44. The first-order chi connectivity index (χ1) is 9.59. The van der Waals surface area contributed by atoms with E-state index in [4.69, 9.17) is 4.74 Å². The summed E-state index contributed by atoms with van der Waals surface area (Å²) in [7, 11) is 0. The molecule has 2 rings (SSSR count). The van der Waals surface area contributed by atoms with Crippen molar-refractivity contribution in [3.8, 4) is 5.75 Å². The molecule has 1 fully saturated rings. The Morgan fingerprint density at radius 1 is 1.45 bits per heavy atom. The Labute approximate surface area is 120 Å². The lowest BCUT2D eigenvalue weighted by atomic mass is 9.85. The van der Waals surface area contributed by atoms with Gasteiger partial charge in [0.15, 0.2) is 0 Å². The average molecular weight is 277 g/mol. The number of nitrogens with one attached hydrogen (secondary N) is 1. The number of carbonyl (C=O) groups is 1. The third-order valence-corrected chi connectivity index (χ3v) is 4.18. The van der Waals surface area contributed by atoms with Crippen molar-refractivity contribution < 1.29 is 14.6 Å². The van der Waals surface area contributed by atoms with E-state index < -0.39 is 0 Å². The molecular weight excluding hydrogens is 254 g/mol. The fraction of sp³-hybridized carbons (Fsp3) is 0.562. The van der Waals surface area contributed by atoms with E-state index >= 15 is 0 Å². The molecule has 2 N–H and O–H groups in total. The number of benzene rings is 1. The van der Waals surface area contributed by atoms with Gasteiger partial charge in [0.2, 0.25) is 0 Å². The summed E-state index contributed by atoms with van der Waals surface area (Å²) in [5.74, 6) is 0.685. The molecular formula is C16H23NO3. The SMILES string of the molecule is CCOc1ccc(C(=O)NC2CCCC2(C)CO)cc1. The largest absolute Gasteiger partial charge is 0.494 e. The van der Waals surface area contributed by atoms with Crippen LogP contribution in [0.5, 0.6) is 5.75 Å². The summed E-state index contributed by atoms with van der Waals surface area (Å²) < 4.78 is 5.36. The molecule has 1 aromatic rings. The molecule has 20 heavy (non-hydrogen) atoms. The Morgan fingerprint density at radius 2 is 2.15 bits per heavy atom. The quantitative estimate of drug-likeness (QED) is 0.868. The van der Waals surface area contributed by atoms with E-state index in [0.717, 1.165) is 25.0 Å². The van der Waals surface area contributed by atoms with Gasteiger partial charge in [-0.1, -0.05) is 13.3 Å².